The van der Waals surface area contributed by atoms with Gasteiger partial charge in [-0.3, -0.25) is 0 Å². The van der Waals surface area contributed by atoms with Gasteiger partial charge >= 0.3 is 11.9 Å². The van der Waals surface area contributed by atoms with Gasteiger partial charge in [0, 0.05) is 16.6 Å². The predicted molar refractivity (Wildman–Crippen MR) is 189 cm³/mol. The lowest BCUT2D eigenvalue weighted by atomic mass is 9.77. The summed E-state index contributed by atoms with van der Waals surface area (Å²) < 4.78 is 43.1. The van der Waals surface area contributed by atoms with Gasteiger partial charge in [0.25, 0.3) is 0 Å². The highest BCUT2D eigenvalue weighted by molar-refractivity contribution is 5.87. The fraction of sp³-hybridized carbons (Fsp3) is 0.538. The Balaban J connectivity index is 1.52. The first-order chi connectivity index (χ1) is 23.6. The van der Waals surface area contributed by atoms with Gasteiger partial charge in [-0.25, -0.2) is 9.59 Å². The number of esters is 2. The average Bonchev–Trinajstić information content (AvgIpc) is 3.09. The van der Waals surface area contributed by atoms with Gasteiger partial charge < -0.3 is 37.9 Å². The molecule has 2 aromatic rings. The molecule has 0 unspecified atom stereocenters. The van der Waals surface area contributed by atoms with Crippen molar-refractivity contribution in [3.63, 3.8) is 0 Å². The zero-order valence-corrected chi connectivity index (χ0v) is 29.9. The molecule has 0 atom stereocenters. The molecule has 0 aliphatic heterocycles. The molecule has 49 heavy (non-hydrogen) atoms. The Morgan fingerprint density at radius 1 is 0.469 bits per heavy atom. The van der Waals surface area contributed by atoms with Gasteiger partial charge in [-0.05, 0) is 48.9 Å². The number of carbonyl (C=O) groups is 2. The minimum atomic E-state index is -0.406. The van der Waals surface area contributed by atoms with Gasteiger partial charge in [0.2, 0.25) is 0 Å². The van der Waals surface area contributed by atoms with Crippen LogP contribution >= 0.6 is 0 Å². The van der Waals surface area contributed by atoms with E-state index < -0.39 is 11.9 Å². The van der Waals surface area contributed by atoms with Crippen LogP contribution in [0.1, 0.15) is 49.9 Å². The molecular formula is C39H56O10. The summed E-state index contributed by atoms with van der Waals surface area (Å²) in [6.45, 7) is 20.9. The molecule has 0 aliphatic carbocycles. The summed E-state index contributed by atoms with van der Waals surface area (Å²) in [5.41, 5.74) is 5.60. The fourth-order valence-corrected chi connectivity index (χ4v) is 4.44. The number of hydrogen-bond acceptors (Lipinski definition) is 10. The minimum Gasteiger partial charge on any atom is -0.460 e. The number of hydrogen-bond donors (Lipinski definition) is 0. The van der Waals surface area contributed by atoms with Crippen LogP contribution in [0.5, 0.6) is 0 Å². The van der Waals surface area contributed by atoms with Crippen molar-refractivity contribution in [1.29, 1.82) is 0 Å². The first-order valence-corrected chi connectivity index (χ1v) is 16.9. The van der Waals surface area contributed by atoms with E-state index in [0.717, 1.165) is 12.8 Å². The summed E-state index contributed by atoms with van der Waals surface area (Å²) >= 11 is 0. The summed E-state index contributed by atoms with van der Waals surface area (Å²) in [5.74, 6) is -0.812. The third-order valence-electron chi connectivity index (χ3n) is 7.53. The summed E-state index contributed by atoms with van der Waals surface area (Å²) in [5, 5.41) is 0. The number of benzene rings is 2. The lowest BCUT2D eigenvalue weighted by Crippen LogP contribution is -2.19. The van der Waals surface area contributed by atoms with Crippen LogP contribution in [0, 0.1) is 0 Å². The Morgan fingerprint density at radius 3 is 1.02 bits per heavy atom. The molecule has 0 fully saturated rings. The van der Waals surface area contributed by atoms with E-state index in [1.807, 2.05) is 0 Å². The average molecular weight is 685 g/mol. The lowest BCUT2D eigenvalue weighted by molar-refractivity contribution is -0.141. The summed E-state index contributed by atoms with van der Waals surface area (Å²) in [6, 6.07) is 17.5. The van der Waals surface area contributed by atoms with Gasteiger partial charge in [0.05, 0.1) is 79.3 Å². The highest BCUT2D eigenvalue weighted by Crippen LogP contribution is 2.31. The van der Waals surface area contributed by atoms with Gasteiger partial charge in [0.15, 0.2) is 0 Å². The van der Waals surface area contributed by atoms with Crippen molar-refractivity contribution < 1.29 is 47.5 Å². The Labute approximate surface area is 292 Å². The Hall–Kier alpha value is -3.38. The highest BCUT2D eigenvalue weighted by atomic mass is 16.6. The van der Waals surface area contributed by atoms with Crippen LogP contribution in [0.3, 0.4) is 0 Å². The molecule has 0 spiro atoms. The first-order valence-electron chi connectivity index (χ1n) is 16.9. The van der Waals surface area contributed by atoms with E-state index in [2.05, 4.69) is 75.5 Å². The zero-order valence-electron chi connectivity index (χ0n) is 29.9. The van der Waals surface area contributed by atoms with Crippen LogP contribution < -0.4 is 0 Å². The molecule has 0 bridgehead atoms. The van der Waals surface area contributed by atoms with Crippen LogP contribution in [0.25, 0.3) is 0 Å². The molecule has 0 radical (unpaired) electrons. The number of ether oxygens (including phenoxy) is 8. The van der Waals surface area contributed by atoms with E-state index in [1.165, 1.54) is 22.3 Å². The maximum Gasteiger partial charge on any atom is 0.333 e. The van der Waals surface area contributed by atoms with Gasteiger partial charge in [-0.1, -0.05) is 75.5 Å². The number of carbonyl (C=O) groups excluding carboxylic acids is 2. The third-order valence-corrected chi connectivity index (χ3v) is 7.53. The summed E-state index contributed by atoms with van der Waals surface area (Å²) in [7, 11) is 0. The molecule has 0 aliphatic rings. The molecule has 272 valence electrons. The Bertz CT molecular complexity index is 1140. The topological polar surface area (TPSA) is 108 Å². The van der Waals surface area contributed by atoms with Crippen LogP contribution in [0.4, 0.5) is 0 Å². The molecule has 2 rings (SSSR count). The first kappa shape index (κ1) is 41.8. The van der Waals surface area contributed by atoms with E-state index in [-0.39, 0.29) is 18.6 Å². The van der Waals surface area contributed by atoms with Crippen molar-refractivity contribution >= 4 is 11.9 Å². The van der Waals surface area contributed by atoms with Gasteiger partial charge in [0.1, 0.15) is 13.2 Å². The normalized spacial score (nSPS) is 11.3. The molecule has 0 saturated heterocycles. The standard InChI is InChI=1S/C39H56O10/c1-31(2)37(40)48-29-27-46-25-23-44-21-19-42-17-15-33-7-11-35(12-8-33)39(5,6)36-13-9-34(10-14-36)16-18-43-20-22-45-24-26-47-28-30-49-38(41)32(3)4/h7-14H,1,3,15-30H2,2,4-6H3. The molecule has 0 saturated carbocycles. The summed E-state index contributed by atoms with van der Waals surface area (Å²) in [4.78, 5) is 22.5. The smallest absolute Gasteiger partial charge is 0.333 e. The summed E-state index contributed by atoms with van der Waals surface area (Å²) in [6.07, 6.45) is 1.67. The molecule has 0 amide bonds. The van der Waals surface area contributed by atoms with Crippen LogP contribution in [-0.2, 0) is 65.7 Å². The van der Waals surface area contributed by atoms with Crippen molar-refractivity contribution in [2.24, 2.45) is 0 Å². The van der Waals surface area contributed by atoms with E-state index >= 15 is 0 Å². The molecule has 2 aromatic carbocycles. The zero-order chi connectivity index (χ0) is 35.7. The second kappa shape index (κ2) is 24.7. The minimum absolute atomic E-state index is 0.129. The van der Waals surface area contributed by atoms with Crippen LogP contribution in [0.15, 0.2) is 72.8 Å². The van der Waals surface area contributed by atoms with Crippen molar-refractivity contribution in [2.75, 3.05) is 92.5 Å². The third kappa shape index (κ3) is 18.3. The SMILES string of the molecule is C=C(C)C(=O)OCCOCCOCCOCCc1ccc(C(C)(C)c2ccc(CCOCCOCCOCCOC(=O)C(=C)C)cc2)cc1. The van der Waals surface area contributed by atoms with Crippen molar-refractivity contribution in [2.45, 2.75) is 46.0 Å². The van der Waals surface area contributed by atoms with E-state index in [9.17, 15) is 9.59 Å². The molecule has 0 aromatic heterocycles. The molecule has 10 nitrogen and oxygen atoms in total. The van der Waals surface area contributed by atoms with Crippen LogP contribution in [0.2, 0.25) is 0 Å². The maximum absolute atomic E-state index is 11.3. The Morgan fingerprint density at radius 2 is 0.735 bits per heavy atom. The van der Waals surface area contributed by atoms with Gasteiger partial charge in [-0.2, -0.15) is 0 Å². The Kier molecular flexibility index (Phi) is 21.1. The quantitative estimate of drug-likeness (QED) is 0.0654. The predicted octanol–water partition coefficient (Wildman–Crippen LogP) is 5.44. The molecule has 10 heteroatoms. The van der Waals surface area contributed by atoms with E-state index in [0.29, 0.717) is 90.4 Å². The second-order valence-electron chi connectivity index (χ2n) is 12.0. The van der Waals surface area contributed by atoms with E-state index in [1.54, 1.807) is 13.8 Å². The monoisotopic (exact) mass is 684 g/mol. The molecule has 0 heterocycles. The molecular weight excluding hydrogens is 628 g/mol. The lowest BCUT2D eigenvalue weighted by Gasteiger charge is -2.26. The maximum atomic E-state index is 11.3. The van der Waals surface area contributed by atoms with Crippen molar-refractivity contribution in [3.8, 4) is 0 Å². The van der Waals surface area contributed by atoms with Crippen LogP contribution in [-0.4, -0.2) is 104 Å². The fourth-order valence-electron chi connectivity index (χ4n) is 4.44. The highest BCUT2D eigenvalue weighted by Gasteiger charge is 2.23. The number of rotatable bonds is 28. The molecule has 0 N–H and O–H groups in total. The van der Waals surface area contributed by atoms with E-state index in [4.69, 9.17) is 37.9 Å². The van der Waals surface area contributed by atoms with Gasteiger partial charge in [-0.15, -0.1) is 0 Å². The van der Waals surface area contributed by atoms with Crippen molar-refractivity contribution in [1.82, 2.24) is 0 Å². The largest absolute Gasteiger partial charge is 0.460 e. The second-order valence-corrected chi connectivity index (χ2v) is 12.0. The van der Waals surface area contributed by atoms with Crippen molar-refractivity contribution in [3.05, 3.63) is 95.1 Å².